The first kappa shape index (κ1) is 12.8. The van der Waals surface area contributed by atoms with Crippen LogP contribution in [0, 0.1) is 0 Å². The minimum atomic E-state index is -0.117. The number of allylic oxidation sites excluding steroid dienone is 1. The largest absolute Gasteiger partial charge is 0.392 e. The van der Waals surface area contributed by atoms with Gasteiger partial charge in [0.1, 0.15) is 6.29 Å². The molecule has 0 saturated carbocycles. The summed E-state index contributed by atoms with van der Waals surface area (Å²) in [4.78, 5) is 21.1. The molecule has 0 atom stereocenters. The Labute approximate surface area is 84.0 Å². The van der Waals surface area contributed by atoms with E-state index in [0.717, 1.165) is 0 Å². The van der Waals surface area contributed by atoms with Gasteiger partial charge in [-0.05, 0) is 31.4 Å². The number of hydrogen-bond acceptors (Lipinski definition) is 3. The van der Waals surface area contributed by atoms with Crippen LogP contribution in [0.15, 0.2) is 11.6 Å². The van der Waals surface area contributed by atoms with E-state index in [9.17, 15) is 9.59 Å². The number of nitrogens with one attached hydrogen (secondary N) is 1. The van der Waals surface area contributed by atoms with Crippen molar-refractivity contribution in [3.63, 3.8) is 0 Å². The Morgan fingerprint density at radius 1 is 1.43 bits per heavy atom. The van der Waals surface area contributed by atoms with Crippen LogP contribution in [-0.4, -0.2) is 30.5 Å². The number of aldehydes is 1. The van der Waals surface area contributed by atoms with Gasteiger partial charge in [-0.25, -0.2) is 0 Å². The van der Waals surface area contributed by atoms with E-state index in [1.54, 1.807) is 0 Å². The summed E-state index contributed by atoms with van der Waals surface area (Å²) in [5.74, 6) is 0.0101. The zero-order valence-corrected chi connectivity index (χ0v) is 8.45. The third kappa shape index (κ3) is 6.37. The van der Waals surface area contributed by atoms with Crippen LogP contribution in [0.4, 0.5) is 0 Å². The predicted octanol–water partition coefficient (Wildman–Crippen LogP) is 0.410. The molecule has 0 saturated heterocycles. The predicted molar refractivity (Wildman–Crippen MR) is 53.8 cm³/mol. The van der Waals surface area contributed by atoms with E-state index in [2.05, 4.69) is 5.32 Å². The Morgan fingerprint density at radius 3 is 2.64 bits per heavy atom. The van der Waals surface area contributed by atoms with E-state index < -0.39 is 0 Å². The smallest absolute Gasteiger partial charge is 0.219 e. The zero-order chi connectivity index (χ0) is 10.8. The number of amides is 1. The van der Waals surface area contributed by atoms with Crippen LogP contribution in [0.5, 0.6) is 0 Å². The van der Waals surface area contributed by atoms with Crippen LogP contribution in [0.25, 0.3) is 0 Å². The highest BCUT2D eigenvalue weighted by atomic mass is 16.3. The van der Waals surface area contributed by atoms with Crippen LogP contribution in [0.2, 0.25) is 0 Å². The molecule has 0 aliphatic heterocycles. The van der Waals surface area contributed by atoms with Gasteiger partial charge in [0, 0.05) is 13.0 Å². The second-order valence-electron chi connectivity index (χ2n) is 2.93. The molecule has 4 heteroatoms. The van der Waals surface area contributed by atoms with Gasteiger partial charge in [0.05, 0.1) is 6.61 Å². The molecule has 0 aromatic heterocycles. The Hall–Kier alpha value is -1.16. The molecular weight excluding hydrogens is 182 g/mol. The topological polar surface area (TPSA) is 66.4 Å². The molecule has 0 aliphatic carbocycles. The summed E-state index contributed by atoms with van der Waals surface area (Å²) >= 11 is 0. The zero-order valence-electron chi connectivity index (χ0n) is 8.45. The van der Waals surface area contributed by atoms with Crippen molar-refractivity contribution in [2.75, 3.05) is 13.2 Å². The molecule has 0 bridgehead atoms. The van der Waals surface area contributed by atoms with Gasteiger partial charge in [-0.1, -0.05) is 0 Å². The maximum Gasteiger partial charge on any atom is 0.219 e. The van der Waals surface area contributed by atoms with Gasteiger partial charge in [0.15, 0.2) is 0 Å². The fourth-order valence-electron chi connectivity index (χ4n) is 1.07. The lowest BCUT2D eigenvalue weighted by molar-refractivity contribution is -0.121. The molecule has 0 spiro atoms. The molecule has 4 nitrogen and oxygen atoms in total. The molecule has 1 amide bonds. The summed E-state index contributed by atoms with van der Waals surface area (Å²) in [5.41, 5.74) is 0.671. The highest BCUT2D eigenvalue weighted by Crippen LogP contribution is 2.05. The average molecular weight is 199 g/mol. The second kappa shape index (κ2) is 8.44. The average Bonchev–Trinajstić information content (AvgIpc) is 2.17. The molecule has 0 aromatic rings. The third-order valence-electron chi connectivity index (χ3n) is 1.78. The standard InChI is InChI=1S/C10H17NO3/c1-2-11-10(14)5-3-4-9(8-13)6-7-12/h6-7,13H,2-5,8H2,1H3,(H,11,14)/b9-6-. The van der Waals surface area contributed by atoms with Crippen LogP contribution in [-0.2, 0) is 9.59 Å². The van der Waals surface area contributed by atoms with Gasteiger partial charge in [-0.2, -0.15) is 0 Å². The Bertz CT molecular complexity index is 211. The molecule has 14 heavy (non-hydrogen) atoms. The third-order valence-corrected chi connectivity index (χ3v) is 1.78. The lowest BCUT2D eigenvalue weighted by Crippen LogP contribution is -2.22. The fraction of sp³-hybridized carbons (Fsp3) is 0.600. The Morgan fingerprint density at radius 2 is 2.14 bits per heavy atom. The van der Waals surface area contributed by atoms with Gasteiger partial charge < -0.3 is 10.4 Å². The molecule has 0 unspecified atom stereocenters. The van der Waals surface area contributed by atoms with Gasteiger partial charge >= 0.3 is 0 Å². The number of aliphatic hydroxyl groups is 1. The Balaban J connectivity index is 3.66. The number of hydrogen-bond donors (Lipinski definition) is 2. The highest BCUT2D eigenvalue weighted by Gasteiger charge is 2.00. The lowest BCUT2D eigenvalue weighted by atomic mass is 10.1. The quantitative estimate of drug-likeness (QED) is 0.461. The van der Waals surface area contributed by atoms with Gasteiger partial charge in [0.2, 0.25) is 5.91 Å². The summed E-state index contributed by atoms with van der Waals surface area (Å²) in [6.07, 6.45) is 3.68. The van der Waals surface area contributed by atoms with Crippen molar-refractivity contribution >= 4 is 12.2 Å². The van der Waals surface area contributed by atoms with Crippen molar-refractivity contribution < 1.29 is 14.7 Å². The Kier molecular flexibility index (Phi) is 7.74. The molecule has 0 rings (SSSR count). The maximum absolute atomic E-state index is 11.0. The van der Waals surface area contributed by atoms with E-state index in [1.807, 2.05) is 6.92 Å². The number of carbonyl (C=O) groups excluding carboxylic acids is 2. The number of rotatable bonds is 7. The van der Waals surface area contributed by atoms with Crippen molar-refractivity contribution in [2.24, 2.45) is 0 Å². The summed E-state index contributed by atoms with van der Waals surface area (Å²) in [7, 11) is 0. The van der Waals surface area contributed by atoms with E-state index in [0.29, 0.717) is 37.7 Å². The van der Waals surface area contributed by atoms with Crippen molar-refractivity contribution in [3.05, 3.63) is 11.6 Å². The molecule has 0 aromatic carbocycles. The lowest BCUT2D eigenvalue weighted by Gasteiger charge is -2.03. The van der Waals surface area contributed by atoms with Crippen molar-refractivity contribution in [1.29, 1.82) is 0 Å². The molecule has 0 radical (unpaired) electrons. The van der Waals surface area contributed by atoms with Gasteiger partial charge in [0.25, 0.3) is 0 Å². The molecule has 0 fully saturated rings. The molecular formula is C10H17NO3. The number of carbonyl (C=O) groups is 2. The highest BCUT2D eigenvalue weighted by molar-refractivity contribution is 5.75. The van der Waals surface area contributed by atoms with Crippen LogP contribution < -0.4 is 5.32 Å². The van der Waals surface area contributed by atoms with Crippen molar-refractivity contribution in [1.82, 2.24) is 5.32 Å². The minimum absolute atomic E-state index is 0.0101. The first-order valence-corrected chi connectivity index (χ1v) is 4.75. The van der Waals surface area contributed by atoms with Crippen molar-refractivity contribution in [3.8, 4) is 0 Å². The van der Waals surface area contributed by atoms with Crippen molar-refractivity contribution in [2.45, 2.75) is 26.2 Å². The van der Waals surface area contributed by atoms with Crippen LogP contribution in [0.1, 0.15) is 26.2 Å². The minimum Gasteiger partial charge on any atom is -0.392 e. The SMILES string of the molecule is CCNC(=O)CCC/C(=C/C=O)CO. The normalized spacial score (nSPS) is 11.1. The fourth-order valence-corrected chi connectivity index (χ4v) is 1.07. The van der Waals surface area contributed by atoms with E-state index in [1.165, 1.54) is 6.08 Å². The summed E-state index contributed by atoms with van der Waals surface area (Å²) in [6, 6.07) is 0. The monoisotopic (exact) mass is 199 g/mol. The van der Waals surface area contributed by atoms with E-state index >= 15 is 0 Å². The maximum atomic E-state index is 11.0. The first-order chi connectivity index (χ1) is 6.74. The summed E-state index contributed by atoms with van der Waals surface area (Å²) in [6.45, 7) is 2.38. The van der Waals surface area contributed by atoms with E-state index in [4.69, 9.17) is 5.11 Å². The first-order valence-electron chi connectivity index (χ1n) is 4.75. The summed E-state index contributed by atoms with van der Waals surface area (Å²) < 4.78 is 0. The molecule has 80 valence electrons. The molecule has 2 N–H and O–H groups in total. The summed E-state index contributed by atoms with van der Waals surface area (Å²) in [5, 5.41) is 11.5. The van der Waals surface area contributed by atoms with Gasteiger partial charge in [-0.3, -0.25) is 9.59 Å². The van der Waals surface area contributed by atoms with Gasteiger partial charge in [-0.15, -0.1) is 0 Å². The van der Waals surface area contributed by atoms with E-state index in [-0.39, 0.29) is 12.5 Å². The molecule has 0 aliphatic rings. The van der Waals surface area contributed by atoms with Crippen LogP contribution >= 0.6 is 0 Å². The second-order valence-corrected chi connectivity index (χ2v) is 2.93. The van der Waals surface area contributed by atoms with Crippen LogP contribution in [0.3, 0.4) is 0 Å². The number of aliphatic hydroxyl groups excluding tert-OH is 1. The molecule has 0 heterocycles.